The van der Waals surface area contributed by atoms with Crippen molar-refractivity contribution < 1.29 is 4.74 Å². The molecule has 3 rings (SSSR count). The SMILES string of the molecule is Brc1ccc2c(c1)OCC(c1ccncc1)N2. The van der Waals surface area contributed by atoms with Gasteiger partial charge in [0, 0.05) is 16.9 Å². The molecule has 1 N–H and O–H groups in total. The van der Waals surface area contributed by atoms with E-state index >= 15 is 0 Å². The van der Waals surface area contributed by atoms with Crippen LogP contribution in [0.1, 0.15) is 11.6 Å². The van der Waals surface area contributed by atoms with Crippen molar-refractivity contribution in [2.24, 2.45) is 0 Å². The smallest absolute Gasteiger partial charge is 0.143 e. The van der Waals surface area contributed by atoms with E-state index in [1.165, 1.54) is 5.56 Å². The molecule has 1 unspecified atom stereocenters. The van der Waals surface area contributed by atoms with Crippen LogP contribution in [0.2, 0.25) is 0 Å². The van der Waals surface area contributed by atoms with E-state index in [0.717, 1.165) is 15.9 Å². The molecule has 1 aromatic heterocycles. The fraction of sp³-hybridized carbons (Fsp3) is 0.154. The number of nitrogens with one attached hydrogen (secondary N) is 1. The minimum absolute atomic E-state index is 0.187. The van der Waals surface area contributed by atoms with Crippen LogP contribution >= 0.6 is 15.9 Å². The first-order valence-electron chi connectivity index (χ1n) is 5.42. The van der Waals surface area contributed by atoms with Gasteiger partial charge in [0.05, 0.1) is 11.7 Å². The summed E-state index contributed by atoms with van der Waals surface area (Å²) in [5.41, 5.74) is 2.22. The summed E-state index contributed by atoms with van der Waals surface area (Å²) >= 11 is 3.43. The first-order valence-corrected chi connectivity index (χ1v) is 6.21. The zero-order valence-corrected chi connectivity index (χ0v) is 10.6. The number of nitrogens with zero attached hydrogens (tertiary/aromatic N) is 1. The first-order chi connectivity index (χ1) is 8.33. The Balaban J connectivity index is 1.88. The van der Waals surface area contributed by atoms with Gasteiger partial charge in [-0.1, -0.05) is 15.9 Å². The van der Waals surface area contributed by atoms with E-state index in [0.29, 0.717) is 6.61 Å². The molecule has 0 saturated carbocycles. The molecule has 0 spiro atoms. The fourth-order valence-corrected chi connectivity index (χ4v) is 2.25. The number of aromatic nitrogens is 1. The van der Waals surface area contributed by atoms with E-state index < -0.39 is 0 Å². The van der Waals surface area contributed by atoms with Gasteiger partial charge in [0.25, 0.3) is 0 Å². The summed E-state index contributed by atoms with van der Waals surface area (Å²) < 4.78 is 6.79. The lowest BCUT2D eigenvalue weighted by Crippen LogP contribution is -2.23. The first kappa shape index (κ1) is 10.6. The van der Waals surface area contributed by atoms with Crippen molar-refractivity contribution in [2.75, 3.05) is 11.9 Å². The minimum Gasteiger partial charge on any atom is -0.489 e. The van der Waals surface area contributed by atoms with Crippen LogP contribution in [0.4, 0.5) is 5.69 Å². The van der Waals surface area contributed by atoms with Crippen molar-refractivity contribution in [1.82, 2.24) is 4.98 Å². The Bertz CT molecular complexity index is 530. The molecule has 1 atom stereocenters. The van der Waals surface area contributed by atoms with Crippen molar-refractivity contribution in [1.29, 1.82) is 0 Å². The van der Waals surface area contributed by atoms with Crippen LogP contribution in [0.25, 0.3) is 0 Å². The Labute approximate surface area is 108 Å². The highest BCUT2D eigenvalue weighted by Crippen LogP contribution is 2.35. The van der Waals surface area contributed by atoms with Gasteiger partial charge in [-0.3, -0.25) is 4.98 Å². The fourth-order valence-electron chi connectivity index (χ4n) is 1.91. The highest BCUT2D eigenvalue weighted by Gasteiger charge is 2.20. The maximum Gasteiger partial charge on any atom is 0.143 e. The maximum absolute atomic E-state index is 5.76. The molecule has 17 heavy (non-hydrogen) atoms. The highest BCUT2D eigenvalue weighted by atomic mass is 79.9. The van der Waals surface area contributed by atoms with Crippen LogP contribution in [0.15, 0.2) is 47.2 Å². The molecule has 3 nitrogen and oxygen atoms in total. The second kappa shape index (κ2) is 4.37. The highest BCUT2D eigenvalue weighted by molar-refractivity contribution is 9.10. The lowest BCUT2D eigenvalue weighted by atomic mass is 10.1. The number of fused-ring (bicyclic) bond motifs is 1. The van der Waals surface area contributed by atoms with Crippen LogP contribution < -0.4 is 10.1 Å². The number of hydrogen-bond donors (Lipinski definition) is 1. The Morgan fingerprint density at radius 1 is 1.24 bits per heavy atom. The summed E-state index contributed by atoms with van der Waals surface area (Å²) in [4.78, 5) is 4.02. The number of ether oxygens (including phenoxy) is 1. The molecule has 0 radical (unpaired) electrons. The third-order valence-corrected chi connectivity index (χ3v) is 3.28. The third-order valence-electron chi connectivity index (χ3n) is 2.79. The molecule has 0 aliphatic carbocycles. The molecule has 0 saturated heterocycles. The Morgan fingerprint density at radius 2 is 2.06 bits per heavy atom. The zero-order chi connectivity index (χ0) is 11.7. The zero-order valence-electron chi connectivity index (χ0n) is 9.06. The summed E-state index contributed by atoms with van der Waals surface area (Å²) in [7, 11) is 0. The van der Waals surface area contributed by atoms with E-state index in [9.17, 15) is 0 Å². The summed E-state index contributed by atoms with van der Waals surface area (Å²) in [6, 6.07) is 10.2. The molecular weight excluding hydrogens is 280 g/mol. The van der Waals surface area contributed by atoms with Crippen LogP contribution in [0, 0.1) is 0 Å². The van der Waals surface area contributed by atoms with Crippen LogP contribution in [-0.4, -0.2) is 11.6 Å². The molecular formula is C13H11BrN2O. The van der Waals surface area contributed by atoms with E-state index in [1.807, 2.05) is 30.3 Å². The number of benzene rings is 1. The predicted molar refractivity (Wildman–Crippen MR) is 70.2 cm³/mol. The summed E-state index contributed by atoms with van der Waals surface area (Å²) in [5.74, 6) is 0.893. The molecule has 1 aliphatic heterocycles. The van der Waals surface area contributed by atoms with E-state index in [2.05, 4.69) is 26.2 Å². The van der Waals surface area contributed by atoms with Crippen molar-refractivity contribution in [3.63, 3.8) is 0 Å². The summed E-state index contributed by atoms with van der Waals surface area (Å²) in [6.45, 7) is 0.632. The van der Waals surface area contributed by atoms with Crippen molar-refractivity contribution in [3.8, 4) is 5.75 Å². The molecule has 2 aromatic rings. The Hall–Kier alpha value is -1.55. The average molecular weight is 291 g/mol. The normalized spacial score (nSPS) is 17.8. The van der Waals surface area contributed by atoms with Gasteiger partial charge in [-0.05, 0) is 35.9 Å². The number of rotatable bonds is 1. The van der Waals surface area contributed by atoms with Gasteiger partial charge in [0.15, 0.2) is 0 Å². The number of anilines is 1. The predicted octanol–water partition coefficient (Wildman–Crippen LogP) is 3.39. The summed E-state index contributed by atoms with van der Waals surface area (Å²) in [6.07, 6.45) is 3.60. The Kier molecular flexibility index (Phi) is 2.73. The largest absolute Gasteiger partial charge is 0.489 e. The van der Waals surface area contributed by atoms with Crippen molar-refractivity contribution in [3.05, 3.63) is 52.8 Å². The van der Waals surface area contributed by atoms with Gasteiger partial charge in [0.2, 0.25) is 0 Å². The number of hydrogen-bond acceptors (Lipinski definition) is 3. The molecule has 1 aliphatic rings. The second-order valence-electron chi connectivity index (χ2n) is 3.93. The van der Waals surface area contributed by atoms with Gasteiger partial charge in [-0.25, -0.2) is 0 Å². The van der Waals surface area contributed by atoms with Gasteiger partial charge in [-0.2, -0.15) is 0 Å². The van der Waals surface area contributed by atoms with E-state index in [-0.39, 0.29) is 6.04 Å². The average Bonchev–Trinajstić information content (AvgIpc) is 2.39. The van der Waals surface area contributed by atoms with Crippen molar-refractivity contribution in [2.45, 2.75) is 6.04 Å². The topological polar surface area (TPSA) is 34.1 Å². The molecule has 1 aromatic carbocycles. The summed E-state index contributed by atoms with van der Waals surface area (Å²) in [5, 5.41) is 3.47. The maximum atomic E-state index is 5.76. The van der Waals surface area contributed by atoms with Gasteiger partial charge >= 0.3 is 0 Å². The van der Waals surface area contributed by atoms with E-state index in [4.69, 9.17) is 4.74 Å². The lowest BCUT2D eigenvalue weighted by molar-refractivity contribution is 0.286. The van der Waals surface area contributed by atoms with Gasteiger partial charge < -0.3 is 10.1 Å². The molecule has 2 heterocycles. The monoisotopic (exact) mass is 290 g/mol. The molecule has 0 bridgehead atoms. The standard InChI is InChI=1S/C13H11BrN2O/c14-10-1-2-11-13(7-10)17-8-12(16-11)9-3-5-15-6-4-9/h1-7,12,16H,8H2. The third kappa shape index (κ3) is 2.13. The van der Waals surface area contributed by atoms with Gasteiger partial charge in [0.1, 0.15) is 12.4 Å². The van der Waals surface area contributed by atoms with Crippen molar-refractivity contribution >= 4 is 21.6 Å². The molecule has 0 fully saturated rings. The van der Waals surface area contributed by atoms with Crippen LogP contribution in [0.3, 0.4) is 0 Å². The molecule has 0 amide bonds. The molecule has 86 valence electrons. The number of halogens is 1. The van der Waals surface area contributed by atoms with Crippen LogP contribution in [-0.2, 0) is 0 Å². The lowest BCUT2D eigenvalue weighted by Gasteiger charge is -2.27. The quantitative estimate of drug-likeness (QED) is 0.874. The minimum atomic E-state index is 0.187. The second-order valence-corrected chi connectivity index (χ2v) is 4.84. The molecule has 4 heteroatoms. The van der Waals surface area contributed by atoms with Gasteiger partial charge in [-0.15, -0.1) is 0 Å². The Morgan fingerprint density at radius 3 is 2.88 bits per heavy atom. The van der Waals surface area contributed by atoms with E-state index in [1.54, 1.807) is 12.4 Å². The van der Waals surface area contributed by atoms with Crippen LogP contribution in [0.5, 0.6) is 5.75 Å². The number of pyridine rings is 1.